The van der Waals surface area contributed by atoms with Crippen molar-refractivity contribution in [2.45, 2.75) is 19.8 Å². The van der Waals surface area contributed by atoms with Crippen LogP contribution in [0, 0.1) is 5.92 Å². The minimum absolute atomic E-state index is 0.200. The molecule has 4 nitrogen and oxygen atoms in total. The van der Waals surface area contributed by atoms with Crippen LogP contribution in [0.15, 0.2) is 0 Å². The maximum atomic E-state index is 11.5. The molecular formula is C10H20N2O2. The van der Waals surface area contributed by atoms with Gasteiger partial charge < -0.3 is 15.4 Å². The number of carbonyl (C=O) groups is 1. The predicted molar refractivity (Wildman–Crippen MR) is 54.9 cm³/mol. The number of amides is 1. The molecular weight excluding hydrogens is 180 g/mol. The van der Waals surface area contributed by atoms with Gasteiger partial charge in [0, 0.05) is 25.6 Å². The highest BCUT2D eigenvalue weighted by atomic mass is 16.5. The number of likely N-dealkylation sites (tertiary alicyclic amines) is 1. The second-order valence-corrected chi connectivity index (χ2v) is 3.76. The lowest BCUT2D eigenvalue weighted by atomic mass is 10.0. The van der Waals surface area contributed by atoms with Crippen molar-refractivity contribution in [2.24, 2.45) is 11.7 Å². The Kier molecular flexibility index (Phi) is 4.90. The van der Waals surface area contributed by atoms with Crippen LogP contribution < -0.4 is 5.73 Å². The highest BCUT2D eigenvalue weighted by Gasteiger charge is 2.28. The van der Waals surface area contributed by atoms with Crippen molar-refractivity contribution < 1.29 is 9.53 Å². The molecule has 0 aromatic rings. The summed E-state index contributed by atoms with van der Waals surface area (Å²) in [4.78, 5) is 13.3. The molecule has 0 spiro atoms. The average molecular weight is 200 g/mol. The van der Waals surface area contributed by atoms with Gasteiger partial charge in [-0.15, -0.1) is 0 Å². The Balaban J connectivity index is 2.00. The van der Waals surface area contributed by atoms with Crippen LogP contribution >= 0.6 is 0 Å². The molecule has 1 aliphatic heterocycles. The fourth-order valence-corrected chi connectivity index (χ4v) is 1.49. The van der Waals surface area contributed by atoms with Crippen molar-refractivity contribution in [2.75, 3.05) is 32.8 Å². The number of nitrogens with two attached hydrogens (primary N) is 1. The number of carbonyl (C=O) groups excluding carboxylic acids is 1. The van der Waals surface area contributed by atoms with Crippen LogP contribution in [0.25, 0.3) is 0 Å². The lowest BCUT2D eigenvalue weighted by molar-refractivity contribution is -0.138. The maximum Gasteiger partial charge on any atom is 0.224 e. The van der Waals surface area contributed by atoms with E-state index in [1.807, 2.05) is 4.90 Å². The van der Waals surface area contributed by atoms with Gasteiger partial charge in [0.15, 0.2) is 0 Å². The summed E-state index contributed by atoms with van der Waals surface area (Å²) in [6, 6.07) is 0. The second kappa shape index (κ2) is 5.98. The molecule has 1 rings (SSSR count). The molecule has 0 aromatic carbocycles. The first-order valence-electron chi connectivity index (χ1n) is 5.33. The quantitative estimate of drug-likeness (QED) is 0.624. The third kappa shape index (κ3) is 3.27. The van der Waals surface area contributed by atoms with Gasteiger partial charge in [-0.25, -0.2) is 0 Å². The number of nitrogens with zero attached hydrogens (tertiary/aromatic N) is 1. The largest absolute Gasteiger partial charge is 0.381 e. The van der Waals surface area contributed by atoms with Crippen molar-refractivity contribution in [3.05, 3.63) is 0 Å². The lowest BCUT2D eigenvalue weighted by Crippen LogP contribution is -2.52. The van der Waals surface area contributed by atoms with Gasteiger partial charge in [0.05, 0.1) is 13.0 Å². The van der Waals surface area contributed by atoms with Crippen LogP contribution in [-0.4, -0.2) is 43.7 Å². The van der Waals surface area contributed by atoms with E-state index in [4.69, 9.17) is 10.5 Å². The molecule has 1 amide bonds. The van der Waals surface area contributed by atoms with Crippen molar-refractivity contribution in [3.63, 3.8) is 0 Å². The third-order valence-electron chi connectivity index (χ3n) is 2.45. The summed E-state index contributed by atoms with van der Waals surface area (Å²) in [6.45, 7) is 5.72. The fourth-order valence-electron chi connectivity index (χ4n) is 1.49. The second-order valence-electron chi connectivity index (χ2n) is 3.76. The van der Waals surface area contributed by atoms with Crippen molar-refractivity contribution in [1.82, 2.24) is 4.90 Å². The zero-order valence-electron chi connectivity index (χ0n) is 8.87. The smallest absolute Gasteiger partial charge is 0.224 e. The SMILES string of the molecule is CCCOCCC(=O)N1CC(CN)C1. The molecule has 1 heterocycles. The summed E-state index contributed by atoms with van der Waals surface area (Å²) in [6.07, 6.45) is 1.52. The summed E-state index contributed by atoms with van der Waals surface area (Å²) in [5.41, 5.74) is 5.47. The number of hydrogen-bond acceptors (Lipinski definition) is 3. The third-order valence-corrected chi connectivity index (χ3v) is 2.45. The van der Waals surface area contributed by atoms with Gasteiger partial charge in [-0.2, -0.15) is 0 Å². The molecule has 0 aliphatic carbocycles. The highest BCUT2D eigenvalue weighted by Crippen LogP contribution is 2.14. The summed E-state index contributed by atoms with van der Waals surface area (Å²) >= 11 is 0. The molecule has 4 heteroatoms. The summed E-state index contributed by atoms with van der Waals surface area (Å²) in [5.74, 6) is 0.723. The van der Waals surface area contributed by atoms with Gasteiger partial charge in [0.2, 0.25) is 5.91 Å². The van der Waals surface area contributed by atoms with Gasteiger partial charge in [-0.1, -0.05) is 6.92 Å². The van der Waals surface area contributed by atoms with Crippen LogP contribution in [0.1, 0.15) is 19.8 Å². The molecule has 14 heavy (non-hydrogen) atoms. The number of hydrogen-bond donors (Lipinski definition) is 1. The van der Waals surface area contributed by atoms with Gasteiger partial charge in [0.25, 0.3) is 0 Å². The first-order chi connectivity index (χ1) is 6.77. The minimum atomic E-state index is 0.200. The van der Waals surface area contributed by atoms with E-state index in [9.17, 15) is 4.79 Å². The Morgan fingerprint density at radius 2 is 2.21 bits per heavy atom. The molecule has 82 valence electrons. The molecule has 1 aliphatic rings. The van der Waals surface area contributed by atoms with Crippen molar-refractivity contribution in [3.8, 4) is 0 Å². The summed E-state index contributed by atoms with van der Waals surface area (Å²) in [7, 11) is 0. The summed E-state index contributed by atoms with van der Waals surface area (Å²) in [5, 5.41) is 0. The van der Waals surface area contributed by atoms with Crippen molar-refractivity contribution in [1.29, 1.82) is 0 Å². The van der Waals surface area contributed by atoms with Crippen LogP contribution in [0.2, 0.25) is 0 Å². The molecule has 1 fully saturated rings. The van der Waals surface area contributed by atoms with E-state index in [1.165, 1.54) is 0 Å². The molecule has 0 bridgehead atoms. The zero-order chi connectivity index (χ0) is 10.4. The molecule has 0 unspecified atom stereocenters. The Morgan fingerprint density at radius 3 is 2.79 bits per heavy atom. The molecule has 0 saturated carbocycles. The molecule has 0 atom stereocenters. The monoisotopic (exact) mass is 200 g/mol. The topological polar surface area (TPSA) is 55.6 Å². The zero-order valence-corrected chi connectivity index (χ0v) is 8.87. The summed E-state index contributed by atoms with van der Waals surface area (Å²) < 4.78 is 5.25. The Bertz CT molecular complexity index is 179. The number of ether oxygens (including phenoxy) is 1. The van der Waals surface area contributed by atoms with Crippen LogP contribution in [0.3, 0.4) is 0 Å². The Hall–Kier alpha value is -0.610. The molecule has 0 aromatic heterocycles. The van der Waals surface area contributed by atoms with E-state index >= 15 is 0 Å². The number of rotatable bonds is 6. The Labute approximate surface area is 85.4 Å². The first-order valence-corrected chi connectivity index (χ1v) is 5.33. The van der Waals surface area contributed by atoms with Crippen LogP contribution in [-0.2, 0) is 9.53 Å². The van der Waals surface area contributed by atoms with E-state index < -0.39 is 0 Å². The minimum Gasteiger partial charge on any atom is -0.381 e. The fraction of sp³-hybridized carbons (Fsp3) is 0.900. The van der Waals surface area contributed by atoms with Gasteiger partial charge in [-0.3, -0.25) is 4.79 Å². The lowest BCUT2D eigenvalue weighted by Gasteiger charge is -2.38. The van der Waals surface area contributed by atoms with Crippen molar-refractivity contribution >= 4 is 5.91 Å². The Morgan fingerprint density at radius 1 is 1.50 bits per heavy atom. The standard InChI is InChI=1S/C10H20N2O2/c1-2-4-14-5-3-10(13)12-7-9(6-11)8-12/h9H,2-8,11H2,1H3. The van der Waals surface area contributed by atoms with E-state index in [1.54, 1.807) is 0 Å². The maximum absolute atomic E-state index is 11.5. The van der Waals surface area contributed by atoms with Crippen LogP contribution in [0.4, 0.5) is 0 Å². The molecule has 0 radical (unpaired) electrons. The van der Waals surface area contributed by atoms with E-state index in [0.717, 1.165) is 26.1 Å². The van der Waals surface area contributed by atoms with E-state index in [0.29, 0.717) is 25.5 Å². The average Bonchev–Trinajstić information content (AvgIpc) is 2.11. The van der Waals surface area contributed by atoms with E-state index in [-0.39, 0.29) is 5.91 Å². The first kappa shape index (κ1) is 11.5. The molecule has 2 N–H and O–H groups in total. The highest BCUT2D eigenvalue weighted by molar-refractivity contribution is 5.77. The van der Waals surface area contributed by atoms with E-state index in [2.05, 4.69) is 6.92 Å². The predicted octanol–water partition coefficient (Wildman–Crippen LogP) is 0.220. The van der Waals surface area contributed by atoms with Crippen LogP contribution in [0.5, 0.6) is 0 Å². The normalized spacial score (nSPS) is 16.9. The van der Waals surface area contributed by atoms with Gasteiger partial charge in [0.1, 0.15) is 0 Å². The van der Waals surface area contributed by atoms with Gasteiger partial charge >= 0.3 is 0 Å². The molecule has 1 saturated heterocycles. The van der Waals surface area contributed by atoms with Gasteiger partial charge in [-0.05, 0) is 13.0 Å².